The third kappa shape index (κ3) is 4.10. The number of carbonyl (C=O) groups excluding carboxylic acids is 1. The van der Waals surface area contributed by atoms with Gasteiger partial charge in [0.15, 0.2) is 0 Å². The van der Waals surface area contributed by atoms with Gasteiger partial charge in [0.05, 0.1) is 5.56 Å². The average molecular weight is 416 g/mol. The van der Waals surface area contributed by atoms with Crippen molar-refractivity contribution >= 4 is 11.6 Å². The summed E-state index contributed by atoms with van der Waals surface area (Å²) in [5, 5.41) is 0. The molecule has 2 aromatic carbocycles. The molecule has 0 aliphatic carbocycles. The van der Waals surface area contributed by atoms with E-state index in [1.165, 1.54) is 11.3 Å². The second kappa shape index (κ2) is 8.60. The largest absolute Gasteiger partial charge is 0.465 e. The molecule has 0 N–H and O–H groups in total. The summed E-state index contributed by atoms with van der Waals surface area (Å²) < 4.78 is 6.05. The summed E-state index contributed by atoms with van der Waals surface area (Å²) in [6, 6.07) is 21.0. The summed E-state index contributed by atoms with van der Waals surface area (Å²) in [5.74, 6) is 1.88. The van der Waals surface area contributed by atoms with Crippen LogP contribution in [0.2, 0.25) is 0 Å². The molecule has 5 rings (SSSR count). The predicted octanol–water partition coefficient (Wildman–Crippen LogP) is 4.11. The molecule has 1 aromatic heterocycles. The average Bonchev–Trinajstić information content (AvgIpc) is 3.15. The van der Waals surface area contributed by atoms with Gasteiger partial charge >= 0.3 is 0 Å². The molecule has 5 nitrogen and oxygen atoms in total. The molecule has 1 fully saturated rings. The van der Waals surface area contributed by atoms with Crippen molar-refractivity contribution < 1.29 is 9.21 Å². The highest BCUT2D eigenvalue weighted by atomic mass is 16.3. The van der Waals surface area contributed by atoms with Gasteiger partial charge in [-0.25, -0.2) is 0 Å². The second-order valence-corrected chi connectivity index (χ2v) is 8.50. The second-order valence-electron chi connectivity index (χ2n) is 8.50. The van der Waals surface area contributed by atoms with Crippen LogP contribution in [-0.2, 0) is 19.5 Å². The Morgan fingerprint density at radius 3 is 2.29 bits per heavy atom. The predicted molar refractivity (Wildman–Crippen MR) is 122 cm³/mol. The number of piperazine rings is 1. The summed E-state index contributed by atoms with van der Waals surface area (Å²) in [5.41, 5.74) is 4.41. The number of benzene rings is 2. The Morgan fingerprint density at radius 1 is 0.903 bits per heavy atom. The minimum absolute atomic E-state index is 0.122. The molecule has 5 heteroatoms. The lowest BCUT2D eigenvalue weighted by molar-refractivity contribution is 0.0742. The Morgan fingerprint density at radius 2 is 1.58 bits per heavy atom. The number of amides is 1. The van der Waals surface area contributed by atoms with Gasteiger partial charge in [-0.05, 0) is 24.6 Å². The Balaban J connectivity index is 1.29. The van der Waals surface area contributed by atoms with E-state index in [4.69, 9.17) is 4.42 Å². The summed E-state index contributed by atoms with van der Waals surface area (Å²) in [4.78, 5) is 20.2. The highest BCUT2D eigenvalue weighted by molar-refractivity contribution is 5.97. The zero-order valence-electron chi connectivity index (χ0n) is 18.1. The molecule has 1 amide bonds. The summed E-state index contributed by atoms with van der Waals surface area (Å²) in [6.45, 7) is 7.75. The van der Waals surface area contributed by atoms with Gasteiger partial charge in [-0.2, -0.15) is 0 Å². The van der Waals surface area contributed by atoms with Gasteiger partial charge < -0.3 is 14.2 Å². The minimum Gasteiger partial charge on any atom is -0.465 e. The maximum atomic E-state index is 13.5. The van der Waals surface area contributed by atoms with Crippen molar-refractivity contribution in [3.8, 4) is 0 Å². The molecular weight excluding hydrogens is 386 g/mol. The minimum atomic E-state index is 0.122. The molecule has 0 spiro atoms. The van der Waals surface area contributed by atoms with Crippen molar-refractivity contribution in [2.45, 2.75) is 26.4 Å². The molecular formula is C26H29N3O2. The first-order chi connectivity index (χ1) is 15.2. The van der Waals surface area contributed by atoms with Gasteiger partial charge in [-0.15, -0.1) is 0 Å². The first-order valence-corrected chi connectivity index (χ1v) is 11.2. The molecule has 0 atom stereocenters. The zero-order valence-corrected chi connectivity index (χ0v) is 18.1. The Hall–Kier alpha value is -3.05. The smallest absolute Gasteiger partial charge is 0.257 e. The number of hydrogen-bond donors (Lipinski definition) is 0. The van der Waals surface area contributed by atoms with Crippen molar-refractivity contribution in [2.24, 2.45) is 0 Å². The van der Waals surface area contributed by atoms with Gasteiger partial charge in [0.1, 0.15) is 11.5 Å². The summed E-state index contributed by atoms with van der Waals surface area (Å²) in [7, 11) is 0. The van der Waals surface area contributed by atoms with Crippen LogP contribution >= 0.6 is 0 Å². The van der Waals surface area contributed by atoms with Gasteiger partial charge in [0.2, 0.25) is 0 Å². The molecule has 0 saturated carbocycles. The molecule has 2 aliphatic heterocycles. The van der Waals surface area contributed by atoms with Crippen LogP contribution in [0.3, 0.4) is 0 Å². The van der Waals surface area contributed by atoms with Crippen LogP contribution in [0.25, 0.3) is 0 Å². The van der Waals surface area contributed by atoms with E-state index >= 15 is 0 Å². The lowest BCUT2D eigenvalue weighted by atomic mass is 10.0. The van der Waals surface area contributed by atoms with E-state index in [9.17, 15) is 4.79 Å². The van der Waals surface area contributed by atoms with E-state index in [1.807, 2.05) is 24.0 Å². The maximum Gasteiger partial charge on any atom is 0.257 e. The lowest BCUT2D eigenvalue weighted by Gasteiger charge is -2.36. The van der Waals surface area contributed by atoms with E-state index in [2.05, 4.69) is 58.3 Å². The van der Waals surface area contributed by atoms with Gasteiger partial charge in [-0.1, -0.05) is 48.5 Å². The fourth-order valence-electron chi connectivity index (χ4n) is 4.80. The monoisotopic (exact) mass is 415 g/mol. The van der Waals surface area contributed by atoms with E-state index in [-0.39, 0.29) is 5.91 Å². The lowest BCUT2D eigenvalue weighted by Crippen LogP contribution is -2.49. The van der Waals surface area contributed by atoms with E-state index in [1.54, 1.807) is 0 Å². The van der Waals surface area contributed by atoms with Crippen molar-refractivity contribution in [1.29, 1.82) is 0 Å². The first kappa shape index (κ1) is 19.9. The van der Waals surface area contributed by atoms with Crippen molar-refractivity contribution in [3.63, 3.8) is 0 Å². The van der Waals surface area contributed by atoms with E-state index in [0.717, 1.165) is 74.9 Å². The van der Waals surface area contributed by atoms with Crippen LogP contribution < -0.4 is 4.90 Å². The number of aryl methyl sites for hydroxylation is 1. The van der Waals surface area contributed by atoms with Crippen molar-refractivity contribution in [3.05, 3.63) is 88.9 Å². The van der Waals surface area contributed by atoms with Crippen LogP contribution in [0.1, 0.15) is 33.0 Å². The number of para-hydroxylation sites is 1. The highest BCUT2D eigenvalue weighted by Gasteiger charge is 2.32. The Bertz CT molecular complexity index is 1040. The summed E-state index contributed by atoms with van der Waals surface area (Å²) in [6.07, 6.45) is 0.859. The number of anilines is 1. The Labute approximate surface area is 183 Å². The summed E-state index contributed by atoms with van der Waals surface area (Å²) >= 11 is 0. The van der Waals surface area contributed by atoms with Gasteiger partial charge in [-0.3, -0.25) is 9.69 Å². The molecule has 0 unspecified atom stereocenters. The van der Waals surface area contributed by atoms with E-state index in [0.29, 0.717) is 0 Å². The van der Waals surface area contributed by atoms with Crippen molar-refractivity contribution in [2.75, 3.05) is 37.6 Å². The molecule has 160 valence electrons. The third-order valence-electron chi connectivity index (χ3n) is 6.45. The number of fused-ring (bicyclic) bond motifs is 1. The molecule has 1 saturated heterocycles. The quantitative estimate of drug-likeness (QED) is 0.643. The molecule has 31 heavy (non-hydrogen) atoms. The molecule has 0 radical (unpaired) electrons. The highest BCUT2D eigenvalue weighted by Crippen LogP contribution is 2.30. The Kier molecular flexibility index (Phi) is 5.51. The van der Waals surface area contributed by atoms with Crippen LogP contribution in [-0.4, -0.2) is 48.4 Å². The molecule has 2 aliphatic rings. The van der Waals surface area contributed by atoms with Gasteiger partial charge in [0.25, 0.3) is 5.91 Å². The normalized spacial score (nSPS) is 16.9. The van der Waals surface area contributed by atoms with E-state index < -0.39 is 0 Å². The number of nitrogens with zero attached hydrogens (tertiary/aromatic N) is 3. The fourth-order valence-corrected chi connectivity index (χ4v) is 4.80. The van der Waals surface area contributed by atoms with Crippen LogP contribution in [0.5, 0.6) is 0 Å². The third-order valence-corrected chi connectivity index (χ3v) is 6.45. The molecule has 3 aromatic rings. The van der Waals surface area contributed by atoms with Crippen LogP contribution in [0, 0.1) is 6.92 Å². The number of carbonyl (C=O) groups is 1. The topological polar surface area (TPSA) is 39.9 Å². The SMILES string of the molecule is Cc1oc2c(c1C(=O)N1CCN(c3ccccc3)CC1)CN(Cc1ccccc1)CC2. The fraction of sp³-hybridized carbons (Fsp3) is 0.346. The van der Waals surface area contributed by atoms with Crippen LogP contribution in [0.15, 0.2) is 65.1 Å². The number of furan rings is 1. The first-order valence-electron chi connectivity index (χ1n) is 11.2. The van der Waals surface area contributed by atoms with Gasteiger partial charge in [0, 0.05) is 63.5 Å². The number of rotatable bonds is 4. The maximum absolute atomic E-state index is 13.5. The molecule has 3 heterocycles. The number of hydrogen-bond acceptors (Lipinski definition) is 4. The zero-order chi connectivity index (χ0) is 21.2. The van der Waals surface area contributed by atoms with Crippen molar-refractivity contribution in [1.82, 2.24) is 9.80 Å². The van der Waals surface area contributed by atoms with Crippen LogP contribution in [0.4, 0.5) is 5.69 Å². The standard InChI is InChI=1S/C26H29N3O2/c1-20-25(26(30)29-16-14-28(15-17-29)22-10-6-3-7-11-22)23-19-27(13-12-24(23)31-20)18-21-8-4-2-5-9-21/h2-11H,12-19H2,1H3. The molecule has 0 bridgehead atoms.